The van der Waals surface area contributed by atoms with E-state index in [9.17, 15) is 9.59 Å². The molecule has 0 fully saturated rings. The van der Waals surface area contributed by atoms with Crippen molar-refractivity contribution in [3.63, 3.8) is 0 Å². The molecule has 1 aromatic carbocycles. The molecule has 6 nitrogen and oxygen atoms in total. The standard InChI is InChI=1S/C13H11ClN4O2/c1-17-9-3-2-7(14)4-8(9)10-5-16-13(12(15)20)18(10)6-11(17)19/h2-5H,6H2,1H3,(H2,15,20). The molecule has 0 radical (unpaired) electrons. The fourth-order valence-corrected chi connectivity index (χ4v) is 2.50. The van der Waals surface area contributed by atoms with Crippen LogP contribution < -0.4 is 10.6 Å². The number of halogens is 1. The minimum atomic E-state index is -0.669. The average molecular weight is 291 g/mol. The number of amides is 2. The molecular formula is C13H11ClN4O2. The van der Waals surface area contributed by atoms with Crippen molar-refractivity contribution in [2.75, 3.05) is 11.9 Å². The number of nitrogens with two attached hydrogens (primary N) is 1. The van der Waals surface area contributed by atoms with E-state index >= 15 is 0 Å². The Morgan fingerprint density at radius 2 is 2.20 bits per heavy atom. The number of carbonyl (C=O) groups is 2. The lowest BCUT2D eigenvalue weighted by Crippen LogP contribution is -2.30. The van der Waals surface area contributed by atoms with Crippen LogP contribution in [0.2, 0.25) is 5.02 Å². The number of hydrogen-bond acceptors (Lipinski definition) is 3. The smallest absolute Gasteiger partial charge is 0.284 e. The van der Waals surface area contributed by atoms with Gasteiger partial charge in [0.1, 0.15) is 6.54 Å². The number of aromatic nitrogens is 2. The number of anilines is 1. The highest BCUT2D eigenvalue weighted by molar-refractivity contribution is 6.31. The van der Waals surface area contributed by atoms with Crippen molar-refractivity contribution in [3.8, 4) is 11.3 Å². The first-order chi connectivity index (χ1) is 9.49. The minimum Gasteiger partial charge on any atom is -0.363 e. The van der Waals surface area contributed by atoms with Crippen molar-refractivity contribution >= 4 is 29.1 Å². The van der Waals surface area contributed by atoms with Crippen LogP contribution in [0.25, 0.3) is 11.3 Å². The van der Waals surface area contributed by atoms with E-state index < -0.39 is 5.91 Å². The zero-order valence-electron chi connectivity index (χ0n) is 10.6. The predicted octanol–water partition coefficient (Wildman–Crippen LogP) is 1.28. The zero-order chi connectivity index (χ0) is 14.4. The highest BCUT2D eigenvalue weighted by Gasteiger charge is 2.27. The molecular weight excluding hydrogens is 280 g/mol. The number of rotatable bonds is 1. The first-order valence-electron chi connectivity index (χ1n) is 5.91. The molecule has 2 aromatic rings. The second-order valence-corrected chi connectivity index (χ2v) is 4.97. The summed E-state index contributed by atoms with van der Waals surface area (Å²) in [4.78, 5) is 29.1. The van der Waals surface area contributed by atoms with Crippen molar-refractivity contribution in [2.45, 2.75) is 6.54 Å². The maximum Gasteiger partial charge on any atom is 0.284 e. The Balaban J connectivity index is 2.32. The van der Waals surface area contributed by atoms with E-state index in [4.69, 9.17) is 17.3 Å². The lowest BCUT2D eigenvalue weighted by Gasteiger charge is -2.17. The van der Waals surface area contributed by atoms with E-state index in [1.165, 1.54) is 15.7 Å². The van der Waals surface area contributed by atoms with Gasteiger partial charge in [-0.15, -0.1) is 0 Å². The van der Waals surface area contributed by atoms with E-state index in [1.54, 1.807) is 25.2 Å². The summed E-state index contributed by atoms with van der Waals surface area (Å²) in [5, 5.41) is 0.542. The Bertz CT molecular complexity index is 738. The number of nitrogens with zero attached hydrogens (tertiary/aromatic N) is 3. The van der Waals surface area contributed by atoms with Crippen LogP contribution in [0.5, 0.6) is 0 Å². The molecule has 0 saturated carbocycles. The fourth-order valence-electron chi connectivity index (χ4n) is 2.33. The second kappa shape index (κ2) is 4.35. The van der Waals surface area contributed by atoms with Crippen molar-refractivity contribution < 1.29 is 9.59 Å². The van der Waals surface area contributed by atoms with Crippen LogP contribution in [0.15, 0.2) is 24.4 Å². The molecule has 1 aliphatic rings. The molecule has 3 rings (SSSR count). The summed E-state index contributed by atoms with van der Waals surface area (Å²) in [5.41, 5.74) is 7.40. The fraction of sp³-hybridized carbons (Fsp3) is 0.154. The van der Waals surface area contributed by atoms with Gasteiger partial charge in [0, 0.05) is 17.6 Å². The number of imidazole rings is 1. The van der Waals surface area contributed by atoms with Crippen molar-refractivity contribution in [1.82, 2.24) is 9.55 Å². The molecule has 2 amide bonds. The summed E-state index contributed by atoms with van der Waals surface area (Å²) >= 11 is 6.03. The lowest BCUT2D eigenvalue weighted by molar-refractivity contribution is -0.118. The first-order valence-corrected chi connectivity index (χ1v) is 6.28. The normalized spacial score (nSPS) is 13.7. The summed E-state index contributed by atoms with van der Waals surface area (Å²) in [7, 11) is 1.68. The monoisotopic (exact) mass is 290 g/mol. The van der Waals surface area contributed by atoms with E-state index in [0.717, 1.165) is 5.56 Å². The van der Waals surface area contributed by atoms with Crippen LogP contribution in [0.3, 0.4) is 0 Å². The molecule has 0 aliphatic carbocycles. The summed E-state index contributed by atoms with van der Waals surface area (Å²) in [6, 6.07) is 5.22. The van der Waals surface area contributed by atoms with Crippen molar-refractivity contribution in [1.29, 1.82) is 0 Å². The summed E-state index contributed by atoms with van der Waals surface area (Å²) in [5.74, 6) is -0.764. The molecule has 1 aromatic heterocycles. The van der Waals surface area contributed by atoms with Gasteiger partial charge in [0.05, 0.1) is 17.6 Å². The van der Waals surface area contributed by atoms with Gasteiger partial charge in [-0.1, -0.05) is 11.6 Å². The summed E-state index contributed by atoms with van der Waals surface area (Å²) in [6.45, 7) is 0.0103. The minimum absolute atomic E-state index is 0.0103. The topological polar surface area (TPSA) is 81.2 Å². The summed E-state index contributed by atoms with van der Waals surface area (Å²) < 4.78 is 1.52. The van der Waals surface area contributed by atoms with Crippen molar-refractivity contribution in [2.24, 2.45) is 5.73 Å². The number of fused-ring (bicyclic) bond motifs is 3. The Morgan fingerprint density at radius 1 is 1.45 bits per heavy atom. The third-order valence-corrected chi connectivity index (χ3v) is 3.57. The largest absolute Gasteiger partial charge is 0.363 e. The van der Waals surface area contributed by atoms with Crippen LogP contribution in [0.1, 0.15) is 10.6 Å². The van der Waals surface area contributed by atoms with Crippen LogP contribution in [-0.4, -0.2) is 28.4 Å². The van der Waals surface area contributed by atoms with Gasteiger partial charge in [0.15, 0.2) is 5.82 Å². The van der Waals surface area contributed by atoms with E-state index in [-0.39, 0.29) is 18.3 Å². The van der Waals surface area contributed by atoms with Gasteiger partial charge >= 0.3 is 0 Å². The Morgan fingerprint density at radius 3 is 2.90 bits per heavy atom. The Labute approximate surface area is 119 Å². The van der Waals surface area contributed by atoms with Gasteiger partial charge in [-0.05, 0) is 18.2 Å². The van der Waals surface area contributed by atoms with Crippen LogP contribution in [0.4, 0.5) is 5.69 Å². The van der Waals surface area contributed by atoms with E-state index in [2.05, 4.69) is 4.98 Å². The van der Waals surface area contributed by atoms with Gasteiger partial charge < -0.3 is 15.2 Å². The number of hydrogen-bond donors (Lipinski definition) is 1. The SMILES string of the molecule is CN1C(=O)Cn2c(cnc2C(N)=O)-c2cc(Cl)ccc21. The van der Waals surface area contributed by atoms with Gasteiger partial charge in [0.25, 0.3) is 5.91 Å². The number of primary amides is 1. The molecule has 0 atom stereocenters. The maximum atomic E-state index is 12.2. The quantitative estimate of drug-likeness (QED) is 0.859. The highest BCUT2D eigenvalue weighted by atomic mass is 35.5. The lowest BCUT2D eigenvalue weighted by atomic mass is 10.1. The van der Waals surface area contributed by atoms with Crippen LogP contribution >= 0.6 is 11.6 Å². The third-order valence-electron chi connectivity index (χ3n) is 3.34. The predicted molar refractivity (Wildman–Crippen MR) is 74.6 cm³/mol. The molecule has 102 valence electrons. The molecule has 1 aliphatic heterocycles. The van der Waals surface area contributed by atoms with Crippen LogP contribution in [0, 0.1) is 0 Å². The van der Waals surface area contributed by atoms with Gasteiger partial charge in [-0.3, -0.25) is 9.59 Å². The molecule has 0 spiro atoms. The maximum absolute atomic E-state index is 12.2. The Kier molecular flexibility index (Phi) is 2.76. The van der Waals surface area contributed by atoms with E-state index in [0.29, 0.717) is 16.4 Å². The molecule has 0 saturated heterocycles. The Hall–Kier alpha value is -2.34. The third kappa shape index (κ3) is 1.77. The van der Waals surface area contributed by atoms with Gasteiger partial charge in [-0.2, -0.15) is 0 Å². The number of carbonyl (C=O) groups excluding carboxylic acids is 2. The molecule has 7 heteroatoms. The first kappa shape index (κ1) is 12.7. The van der Waals surface area contributed by atoms with Crippen LogP contribution in [-0.2, 0) is 11.3 Å². The molecule has 2 N–H and O–H groups in total. The van der Waals surface area contributed by atoms with E-state index in [1.807, 2.05) is 0 Å². The molecule has 20 heavy (non-hydrogen) atoms. The second-order valence-electron chi connectivity index (χ2n) is 4.53. The van der Waals surface area contributed by atoms with Crippen molar-refractivity contribution in [3.05, 3.63) is 35.2 Å². The molecule has 0 unspecified atom stereocenters. The molecule has 0 bridgehead atoms. The highest BCUT2D eigenvalue weighted by Crippen LogP contribution is 2.35. The number of benzene rings is 1. The zero-order valence-corrected chi connectivity index (χ0v) is 11.4. The molecule has 2 heterocycles. The van der Waals surface area contributed by atoms with Gasteiger partial charge in [0.2, 0.25) is 5.91 Å². The number of likely N-dealkylation sites (N-methyl/N-ethyl adjacent to an activating group) is 1. The average Bonchev–Trinajstić information content (AvgIpc) is 2.77. The summed E-state index contributed by atoms with van der Waals surface area (Å²) in [6.07, 6.45) is 1.53. The van der Waals surface area contributed by atoms with Gasteiger partial charge in [-0.25, -0.2) is 4.98 Å².